The number of hydrogen-bond donors (Lipinski definition) is 3. The highest BCUT2D eigenvalue weighted by Gasteiger charge is 2.13. The van der Waals surface area contributed by atoms with E-state index in [1.807, 2.05) is 20.9 Å². The van der Waals surface area contributed by atoms with Gasteiger partial charge < -0.3 is 16.4 Å². The second-order valence-electron chi connectivity index (χ2n) is 2.85. The summed E-state index contributed by atoms with van der Waals surface area (Å²) in [5.41, 5.74) is 4.79. The molecule has 0 aliphatic carbocycles. The Bertz CT molecular complexity index is 122. The third-order valence-corrected chi connectivity index (χ3v) is 1.38. The third kappa shape index (κ3) is 4.14. The molecule has 0 saturated carbocycles. The van der Waals surface area contributed by atoms with Crippen molar-refractivity contribution in [1.29, 1.82) is 0 Å². The van der Waals surface area contributed by atoms with Crippen molar-refractivity contribution in [3.8, 4) is 0 Å². The van der Waals surface area contributed by atoms with E-state index in [2.05, 4.69) is 10.6 Å². The molecule has 0 rings (SSSR count). The van der Waals surface area contributed by atoms with Crippen molar-refractivity contribution >= 4 is 6.03 Å². The second kappa shape index (κ2) is 3.41. The van der Waals surface area contributed by atoms with Crippen molar-refractivity contribution in [2.24, 2.45) is 5.73 Å². The molecule has 60 valence electrons. The van der Waals surface area contributed by atoms with Gasteiger partial charge in [-0.2, -0.15) is 0 Å². The zero-order valence-corrected chi connectivity index (χ0v) is 6.69. The number of rotatable bonds is 3. The first-order chi connectivity index (χ1) is 4.48. The zero-order chi connectivity index (χ0) is 8.20. The van der Waals surface area contributed by atoms with Gasteiger partial charge in [0.05, 0.1) is 0 Å². The molecule has 0 bridgehead atoms. The highest BCUT2D eigenvalue weighted by molar-refractivity contribution is 5.71. The van der Waals surface area contributed by atoms with E-state index in [-0.39, 0.29) is 5.54 Å². The third-order valence-electron chi connectivity index (χ3n) is 1.38. The van der Waals surface area contributed by atoms with Gasteiger partial charge in [-0.05, 0) is 20.9 Å². The quantitative estimate of drug-likeness (QED) is 0.508. The Morgan fingerprint density at radius 3 is 2.40 bits per heavy atom. The maximum atomic E-state index is 10.2. The van der Waals surface area contributed by atoms with Crippen LogP contribution in [0.2, 0.25) is 0 Å². The molecule has 4 heteroatoms. The van der Waals surface area contributed by atoms with E-state index in [1.165, 1.54) is 0 Å². The first kappa shape index (κ1) is 9.23. The lowest BCUT2D eigenvalue weighted by Gasteiger charge is -2.23. The second-order valence-corrected chi connectivity index (χ2v) is 2.85. The van der Waals surface area contributed by atoms with Crippen molar-refractivity contribution in [3.05, 3.63) is 0 Å². The molecule has 4 N–H and O–H groups in total. The van der Waals surface area contributed by atoms with Gasteiger partial charge in [0.25, 0.3) is 0 Å². The Morgan fingerprint density at radius 2 is 2.10 bits per heavy atom. The minimum atomic E-state index is -0.483. The van der Waals surface area contributed by atoms with Crippen LogP contribution in [0.5, 0.6) is 0 Å². The Kier molecular flexibility index (Phi) is 3.15. The highest BCUT2D eigenvalue weighted by atomic mass is 16.2. The fourth-order valence-corrected chi connectivity index (χ4v) is 0.396. The summed E-state index contributed by atoms with van der Waals surface area (Å²) in [6.07, 6.45) is 0. The van der Waals surface area contributed by atoms with Crippen LogP contribution >= 0.6 is 0 Å². The molecule has 0 aliphatic rings. The summed E-state index contributed by atoms with van der Waals surface area (Å²) in [6.45, 7) is 4.49. The summed E-state index contributed by atoms with van der Waals surface area (Å²) < 4.78 is 0. The van der Waals surface area contributed by atoms with Crippen LogP contribution in [0.3, 0.4) is 0 Å². The first-order valence-corrected chi connectivity index (χ1v) is 3.20. The molecule has 0 atom stereocenters. The number of carbonyl (C=O) groups excluding carboxylic acids is 1. The molecular weight excluding hydrogens is 130 g/mol. The predicted molar refractivity (Wildman–Crippen MR) is 40.7 cm³/mol. The van der Waals surface area contributed by atoms with E-state index in [0.29, 0.717) is 6.54 Å². The van der Waals surface area contributed by atoms with Gasteiger partial charge >= 0.3 is 6.03 Å². The predicted octanol–water partition coefficient (Wildman–Crippen LogP) is -0.347. The van der Waals surface area contributed by atoms with Crippen molar-refractivity contribution < 1.29 is 4.79 Å². The molecule has 0 fully saturated rings. The summed E-state index contributed by atoms with van der Waals surface area (Å²) in [5.74, 6) is 0. The van der Waals surface area contributed by atoms with Crippen LogP contribution in [-0.2, 0) is 0 Å². The Balaban J connectivity index is 3.56. The Labute approximate surface area is 61.2 Å². The largest absolute Gasteiger partial charge is 0.352 e. The Hall–Kier alpha value is -0.770. The van der Waals surface area contributed by atoms with Gasteiger partial charge in [-0.3, -0.25) is 0 Å². The summed E-state index contributed by atoms with van der Waals surface area (Å²) in [5, 5.41) is 5.54. The van der Waals surface area contributed by atoms with Gasteiger partial charge in [-0.25, -0.2) is 4.79 Å². The fourth-order valence-electron chi connectivity index (χ4n) is 0.396. The van der Waals surface area contributed by atoms with E-state index in [1.54, 1.807) is 0 Å². The molecule has 0 aliphatic heterocycles. The van der Waals surface area contributed by atoms with Gasteiger partial charge in [-0.1, -0.05) is 0 Å². The molecule has 0 aromatic rings. The number of nitrogens with one attached hydrogen (secondary N) is 2. The van der Waals surface area contributed by atoms with Crippen molar-refractivity contribution in [2.45, 2.75) is 19.4 Å². The maximum absolute atomic E-state index is 10.2. The molecular formula is C6H15N3O. The lowest BCUT2D eigenvalue weighted by Crippen LogP contribution is -2.48. The van der Waals surface area contributed by atoms with Gasteiger partial charge in [0, 0.05) is 12.1 Å². The van der Waals surface area contributed by atoms with Crippen LogP contribution in [0.4, 0.5) is 4.79 Å². The van der Waals surface area contributed by atoms with E-state index in [9.17, 15) is 4.79 Å². The smallest absolute Gasteiger partial charge is 0.312 e. The van der Waals surface area contributed by atoms with Crippen LogP contribution in [0.15, 0.2) is 0 Å². The molecule has 0 aromatic carbocycles. The van der Waals surface area contributed by atoms with Gasteiger partial charge in [0.15, 0.2) is 0 Å². The minimum absolute atomic E-state index is 0.0883. The number of amides is 2. The van der Waals surface area contributed by atoms with E-state index >= 15 is 0 Å². The standard InChI is InChI=1S/C6H15N3O/c1-6(2,8-3)4-9-5(7)10/h8H,4H2,1-3H3,(H3,7,9,10). The maximum Gasteiger partial charge on any atom is 0.312 e. The number of primary amides is 1. The van der Waals surface area contributed by atoms with E-state index in [0.717, 1.165) is 0 Å². The number of nitrogens with two attached hydrogens (primary N) is 1. The van der Waals surface area contributed by atoms with Crippen LogP contribution in [0, 0.1) is 0 Å². The SMILES string of the molecule is CNC(C)(C)CNC(N)=O. The average Bonchev–Trinajstić information content (AvgIpc) is 1.85. The summed E-state index contributed by atoms with van der Waals surface area (Å²) in [7, 11) is 1.84. The fraction of sp³-hybridized carbons (Fsp3) is 0.833. The molecule has 0 heterocycles. The summed E-state index contributed by atoms with van der Waals surface area (Å²) >= 11 is 0. The minimum Gasteiger partial charge on any atom is -0.352 e. The van der Waals surface area contributed by atoms with Crippen LogP contribution in [-0.4, -0.2) is 25.2 Å². The van der Waals surface area contributed by atoms with Crippen LogP contribution in [0.25, 0.3) is 0 Å². The lowest BCUT2D eigenvalue weighted by molar-refractivity contribution is 0.245. The highest BCUT2D eigenvalue weighted by Crippen LogP contribution is 1.96. The van der Waals surface area contributed by atoms with Gasteiger partial charge in [0.2, 0.25) is 0 Å². The molecule has 0 spiro atoms. The molecule has 0 unspecified atom stereocenters. The molecule has 10 heavy (non-hydrogen) atoms. The molecule has 2 amide bonds. The summed E-state index contributed by atoms with van der Waals surface area (Å²) in [4.78, 5) is 10.2. The normalized spacial score (nSPS) is 11.1. The zero-order valence-electron chi connectivity index (χ0n) is 6.69. The van der Waals surface area contributed by atoms with E-state index in [4.69, 9.17) is 5.73 Å². The Morgan fingerprint density at radius 1 is 1.60 bits per heavy atom. The van der Waals surface area contributed by atoms with Crippen molar-refractivity contribution in [2.75, 3.05) is 13.6 Å². The lowest BCUT2D eigenvalue weighted by atomic mass is 10.1. The number of urea groups is 1. The number of hydrogen-bond acceptors (Lipinski definition) is 2. The van der Waals surface area contributed by atoms with Crippen molar-refractivity contribution in [1.82, 2.24) is 10.6 Å². The molecule has 0 aromatic heterocycles. The van der Waals surface area contributed by atoms with Crippen LogP contribution < -0.4 is 16.4 Å². The number of likely N-dealkylation sites (N-methyl/N-ethyl adjacent to an activating group) is 1. The van der Waals surface area contributed by atoms with E-state index < -0.39 is 6.03 Å². The summed E-state index contributed by atoms with van der Waals surface area (Å²) in [6, 6.07) is -0.483. The molecule has 4 nitrogen and oxygen atoms in total. The van der Waals surface area contributed by atoms with Crippen LogP contribution in [0.1, 0.15) is 13.8 Å². The topological polar surface area (TPSA) is 67.2 Å². The first-order valence-electron chi connectivity index (χ1n) is 3.20. The number of carbonyl (C=O) groups is 1. The van der Waals surface area contributed by atoms with Crippen molar-refractivity contribution in [3.63, 3.8) is 0 Å². The monoisotopic (exact) mass is 145 g/mol. The average molecular weight is 145 g/mol. The molecule has 0 radical (unpaired) electrons. The van der Waals surface area contributed by atoms with Gasteiger partial charge in [-0.15, -0.1) is 0 Å². The van der Waals surface area contributed by atoms with Gasteiger partial charge in [0.1, 0.15) is 0 Å². The molecule has 0 saturated heterocycles.